The molecular weight excluding hydrogens is 254 g/mol. The lowest BCUT2D eigenvalue weighted by molar-refractivity contribution is 0.327. The smallest absolute Gasteiger partial charge is 0.0838 e. The topological polar surface area (TPSA) is 23.5 Å². The Morgan fingerprint density at radius 2 is 1.95 bits per heavy atom. The summed E-state index contributed by atoms with van der Waals surface area (Å²) < 4.78 is 0. The Morgan fingerprint density at radius 1 is 1.21 bits per heavy atom. The van der Waals surface area contributed by atoms with E-state index in [0.29, 0.717) is 5.37 Å². The maximum absolute atomic E-state index is 9.52. The van der Waals surface area contributed by atoms with Crippen molar-refractivity contribution in [2.45, 2.75) is 44.9 Å². The number of thioether (sulfide) groups is 1. The normalized spacial score (nSPS) is 18.8. The van der Waals surface area contributed by atoms with Crippen LogP contribution in [-0.2, 0) is 6.42 Å². The monoisotopic (exact) mass is 277 g/mol. The van der Waals surface area contributed by atoms with Crippen LogP contribution in [0.1, 0.15) is 38.7 Å². The minimum absolute atomic E-state index is 0.116. The van der Waals surface area contributed by atoms with Crippen LogP contribution < -0.4 is 4.90 Å². The van der Waals surface area contributed by atoms with Gasteiger partial charge < -0.3 is 10.0 Å². The minimum Gasteiger partial charge on any atom is -0.390 e. The standard InChI is InChI=1S/C16H23NOS/c1-3-5-6-16-17(15(11-18)12-19-16)14-9-7-13(4-2)8-10-14/h7-10,12,16,18H,3-6,11H2,1-2H3. The first-order chi connectivity index (χ1) is 9.30. The third-order valence-corrected chi connectivity index (χ3v) is 4.72. The second kappa shape index (κ2) is 7.01. The highest BCUT2D eigenvalue weighted by Crippen LogP contribution is 2.37. The zero-order valence-corrected chi connectivity index (χ0v) is 12.6. The molecule has 0 spiro atoms. The molecular formula is C16H23NOS. The van der Waals surface area contributed by atoms with Gasteiger partial charge in [0.05, 0.1) is 17.7 Å². The summed E-state index contributed by atoms with van der Waals surface area (Å²) in [6.45, 7) is 4.51. The van der Waals surface area contributed by atoms with Crippen molar-refractivity contribution in [2.24, 2.45) is 0 Å². The second-order valence-electron chi connectivity index (χ2n) is 4.89. The van der Waals surface area contributed by atoms with Gasteiger partial charge in [0.1, 0.15) is 0 Å². The first-order valence-electron chi connectivity index (χ1n) is 7.13. The van der Waals surface area contributed by atoms with Crippen molar-refractivity contribution < 1.29 is 5.11 Å². The maximum Gasteiger partial charge on any atom is 0.0838 e. The molecule has 0 bridgehead atoms. The Balaban J connectivity index is 2.17. The van der Waals surface area contributed by atoms with Crippen molar-refractivity contribution in [1.82, 2.24) is 0 Å². The number of nitrogens with zero attached hydrogens (tertiary/aromatic N) is 1. The molecule has 2 rings (SSSR count). The van der Waals surface area contributed by atoms with E-state index in [0.717, 1.165) is 18.5 Å². The summed E-state index contributed by atoms with van der Waals surface area (Å²) in [4.78, 5) is 2.29. The highest BCUT2D eigenvalue weighted by molar-refractivity contribution is 8.03. The quantitative estimate of drug-likeness (QED) is 0.845. The number of rotatable bonds is 6. The van der Waals surface area contributed by atoms with Gasteiger partial charge in [-0.05, 0) is 35.9 Å². The minimum atomic E-state index is 0.116. The number of hydrogen-bond acceptors (Lipinski definition) is 3. The lowest BCUT2D eigenvalue weighted by Gasteiger charge is -2.28. The van der Waals surface area contributed by atoms with Gasteiger partial charge in [0.2, 0.25) is 0 Å². The molecule has 0 aliphatic carbocycles. The lowest BCUT2D eigenvalue weighted by atomic mass is 10.1. The van der Waals surface area contributed by atoms with Crippen LogP contribution in [0.3, 0.4) is 0 Å². The molecule has 3 heteroatoms. The van der Waals surface area contributed by atoms with Crippen molar-refractivity contribution in [2.75, 3.05) is 11.5 Å². The van der Waals surface area contributed by atoms with Crippen LogP contribution in [0.2, 0.25) is 0 Å². The third kappa shape index (κ3) is 3.34. The molecule has 1 heterocycles. The van der Waals surface area contributed by atoms with E-state index in [1.807, 2.05) is 11.8 Å². The number of anilines is 1. The van der Waals surface area contributed by atoms with Crippen molar-refractivity contribution in [3.05, 3.63) is 40.9 Å². The van der Waals surface area contributed by atoms with E-state index in [1.54, 1.807) is 0 Å². The summed E-state index contributed by atoms with van der Waals surface area (Å²) in [5.41, 5.74) is 3.58. The average molecular weight is 277 g/mol. The highest BCUT2D eigenvalue weighted by atomic mass is 32.2. The first kappa shape index (κ1) is 14.5. The Bertz CT molecular complexity index is 427. The van der Waals surface area contributed by atoms with Gasteiger partial charge in [0.25, 0.3) is 0 Å². The van der Waals surface area contributed by atoms with Gasteiger partial charge in [0.15, 0.2) is 0 Å². The highest BCUT2D eigenvalue weighted by Gasteiger charge is 2.26. The van der Waals surface area contributed by atoms with Crippen LogP contribution in [-0.4, -0.2) is 17.1 Å². The molecule has 0 saturated heterocycles. The molecule has 1 atom stereocenters. The van der Waals surface area contributed by atoms with Gasteiger partial charge in [-0.2, -0.15) is 0 Å². The Morgan fingerprint density at radius 3 is 2.53 bits per heavy atom. The predicted octanol–water partition coefficient (Wildman–Crippen LogP) is 4.15. The van der Waals surface area contributed by atoms with Crippen molar-refractivity contribution in [3.8, 4) is 0 Å². The molecule has 0 aromatic heterocycles. The van der Waals surface area contributed by atoms with E-state index < -0.39 is 0 Å². The average Bonchev–Trinajstić information content (AvgIpc) is 2.88. The van der Waals surface area contributed by atoms with Crippen LogP contribution in [0.5, 0.6) is 0 Å². The van der Waals surface area contributed by atoms with Gasteiger partial charge in [-0.25, -0.2) is 0 Å². The molecule has 1 aromatic rings. The van der Waals surface area contributed by atoms with Crippen LogP contribution in [0.4, 0.5) is 5.69 Å². The molecule has 1 aliphatic heterocycles. The maximum atomic E-state index is 9.52. The molecule has 1 aliphatic rings. The molecule has 0 saturated carbocycles. The summed E-state index contributed by atoms with van der Waals surface area (Å²) in [6, 6.07) is 8.72. The van der Waals surface area contributed by atoms with E-state index in [4.69, 9.17) is 0 Å². The Labute approximate surface area is 120 Å². The fourth-order valence-electron chi connectivity index (χ4n) is 2.37. The fourth-order valence-corrected chi connectivity index (χ4v) is 3.56. The van der Waals surface area contributed by atoms with E-state index in [9.17, 15) is 5.11 Å². The predicted molar refractivity (Wildman–Crippen MR) is 84.4 cm³/mol. The molecule has 1 unspecified atom stereocenters. The van der Waals surface area contributed by atoms with Crippen molar-refractivity contribution in [1.29, 1.82) is 0 Å². The van der Waals surface area contributed by atoms with Gasteiger partial charge in [-0.3, -0.25) is 0 Å². The number of benzene rings is 1. The summed E-state index contributed by atoms with van der Waals surface area (Å²) >= 11 is 1.83. The van der Waals surface area contributed by atoms with E-state index >= 15 is 0 Å². The summed E-state index contributed by atoms with van der Waals surface area (Å²) in [7, 11) is 0. The van der Waals surface area contributed by atoms with Crippen LogP contribution in [0, 0.1) is 0 Å². The molecule has 2 nitrogen and oxygen atoms in total. The number of hydrogen-bond donors (Lipinski definition) is 1. The van der Waals surface area contributed by atoms with Crippen molar-refractivity contribution in [3.63, 3.8) is 0 Å². The van der Waals surface area contributed by atoms with E-state index in [2.05, 4.69) is 48.4 Å². The molecule has 0 radical (unpaired) electrons. The molecule has 104 valence electrons. The van der Waals surface area contributed by atoms with Crippen LogP contribution in [0.15, 0.2) is 35.4 Å². The van der Waals surface area contributed by atoms with Crippen LogP contribution in [0.25, 0.3) is 0 Å². The molecule has 0 amide bonds. The lowest BCUT2D eigenvalue weighted by Crippen LogP contribution is -2.29. The van der Waals surface area contributed by atoms with Gasteiger partial charge in [-0.1, -0.05) is 38.8 Å². The van der Waals surface area contributed by atoms with E-state index in [1.165, 1.54) is 24.1 Å². The van der Waals surface area contributed by atoms with E-state index in [-0.39, 0.29) is 6.61 Å². The van der Waals surface area contributed by atoms with Gasteiger partial charge in [0, 0.05) is 5.69 Å². The second-order valence-corrected chi connectivity index (χ2v) is 5.94. The Hall–Kier alpha value is -0.930. The summed E-state index contributed by atoms with van der Waals surface area (Å²) in [5, 5.41) is 12.1. The number of aliphatic hydroxyl groups is 1. The van der Waals surface area contributed by atoms with Gasteiger partial charge in [-0.15, -0.1) is 11.8 Å². The SMILES string of the molecule is CCCCC1SC=C(CO)N1c1ccc(CC)cc1. The molecule has 1 aromatic carbocycles. The molecule has 1 N–H and O–H groups in total. The summed E-state index contributed by atoms with van der Waals surface area (Å²) in [5.74, 6) is 0. The number of unbranched alkanes of at least 4 members (excludes halogenated alkanes) is 1. The third-order valence-electron chi connectivity index (χ3n) is 3.55. The largest absolute Gasteiger partial charge is 0.390 e. The van der Waals surface area contributed by atoms with Gasteiger partial charge >= 0.3 is 0 Å². The number of aryl methyl sites for hydroxylation is 1. The van der Waals surface area contributed by atoms with Crippen molar-refractivity contribution >= 4 is 17.4 Å². The number of aliphatic hydroxyl groups excluding tert-OH is 1. The Kier molecular flexibility index (Phi) is 5.34. The first-order valence-corrected chi connectivity index (χ1v) is 8.08. The zero-order chi connectivity index (χ0) is 13.7. The molecule has 19 heavy (non-hydrogen) atoms. The van der Waals surface area contributed by atoms with Crippen LogP contribution >= 0.6 is 11.8 Å². The fraction of sp³-hybridized carbons (Fsp3) is 0.500. The summed E-state index contributed by atoms with van der Waals surface area (Å²) in [6.07, 6.45) is 4.68. The molecule has 0 fully saturated rings. The zero-order valence-electron chi connectivity index (χ0n) is 11.8.